The summed E-state index contributed by atoms with van der Waals surface area (Å²) in [4.78, 5) is 35.1. The summed E-state index contributed by atoms with van der Waals surface area (Å²) in [6.45, 7) is 1.52. The van der Waals surface area contributed by atoms with E-state index < -0.39 is 5.97 Å². The fourth-order valence-corrected chi connectivity index (χ4v) is 2.45. The smallest absolute Gasteiger partial charge is 0.339 e. The molecule has 18 heavy (non-hydrogen) atoms. The van der Waals surface area contributed by atoms with E-state index in [0.717, 1.165) is 4.90 Å². The van der Waals surface area contributed by atoms with Crippen molar-refractivity contribution < 1.29 is 23.9 Å². The van der Waals surface area contributed by atoms with E-state index in [1.54, 1.807) is 0 Å². The van der Waals surface area contributed by atoms with Crippen LogP contribution in [0.25, 0.3) is 0 Å². The molecule has 0 saturated carbocycles. The topological polar surface area (TPSA) is 87.8 Å². The highest BCUT2D eigenvalue weighted by atomic mass is 32.2. The van der Waals surface area contributed by atoms with E-state index in [-0.39, 0.29) is 41.2 Å². The van der Waals surface area contributed by atoms with Crippen molar-refractivity contribution in [3.05, 3.63) is 23.2 Å². The largest absolute Gasteiger partial charge is 0.478 e. The van der Waals surface area contributed by atoms with Crippen molar-refractivity contribution in [3.8, 4) is 0 Å². The molecule has 1 fully saturated rings. The molecule has 1 saturated heterocycles. The molecule has 0 aromatic carbocycles. The van der Waals surface area contributed by atoms with Gasteiger partial charge in [0.15, 0.2) is 0 Å². The second-order valence-electron chi connectivity index (χ2n) is 3.85. The van der Waals surface area contributed by atoms with Gasteiger partial charge in [-0.05, 0) is 13.0 Å². The monoisotopic (exact) mass is 269 g/mol. The Bertz CT molecular complexity index is 506. The Labute approximate surface area is 107 Å². The molecule has 0 unspecified atom stereocenters. The number of aromatic carboxylic acids is 1. The van der Waals surface area contributed by atoms with Crippen LogP contribution in [0.2, 0.25) is 0 Å². The molecule has 0 atom stereocenters. The molecule has 0 bridgehead atoms. The summed E-state index contributed by atoms with van der Waals surface area (Å²) in [5.74, 6) is -0.546. The van der Waals surface area contributed by atoms with Crippen LogP contribution in [0.1, 0.15) is 21.9 Å². The molecular weight excluding hydrogens is 258 g/mol. The fraction of sp³-hybridized carbons (Fsp3) is 0.364. The first-order valence-electron chi connectivity index (χ1n) is 5.22. The average Bonchev–Trinajstić information content (AvgIpc) is 2.65. The summed E-state index contributed by atoms with van der Waals surface area (Å²) in [7, 11) is 0. The van der Waals surface area contributed by atoms with Crippen LogP contribution in [0.3, 0.4) is 0 Å². The van der Waals surface area contributed by atoms with Crippen LogP contribution in [-0.2, 0) is 16.1 Å². The Morgan fingerprint density at radius 1 is 1.44 bits per heavy atom. The van der Waals surface area contributed by atoms with E-state index >= 15 is 0 Å². The third kappa shape index (κ3) is 2.40. The predicted molar refractivity (Wildman–Crippen MR) is 63.3 cm³/mol. The molecule has 2 rings (SSSR count). The highest BCUT2D eigenvalue weighted by Crippen LogP contribution is 2.19. The van der Waals surface area contributed by atoms with Gasteiger partial charge >= 0.3 is 5.97 Å². The van der Waals surface area contributed by atoms with Gasteiger partial charge in [-0.3, -0.25) is 14.5 Å². The van der Waals surface area contributed by atoms with Crippen LogP contribution < -0.4 is 0 Å². The maximum atomic E-state index is 11.6. The van der Waals surface area contributed by atoms with Crippen LogP contribution in [0.15, 0.2) is 10.5 Å². The second kappa shape index (κ2) is 4.85. The molecule has 2 amide bonds. The maximum absolute atomic E-state index is 11.6. The maximum Gasteiger partial charge on any atom is 0.339 e. The van der Waals surface area contributed by atoms with Crippen LogP contribution in [-0.4, -0.2) is 39.3 Å². The SMILES string of the molecule is Cc1oc(CN2C(=O)CSCC2=O)cc1C(=O)O. The number of aryl methyl sites for hydroxylation is 1. The van der Waals surface area contributed by atoms with E-state index in [4.69, 9.17) is 9.52 Å². The number of furan rings is 1. The summed E-state index contributed by atoms with van der Waals surface area (Å²) in [5, 5.41) is 8.88. The summed E-state index contributed by atoms with van der Waals surface area (Å²) in [6.07, 6.45) is 0. The lowest BCUT2D eigenvalue weighted by atomic mass is 10.2. The number of carbonyl (C=O) groups excluding carboxylic acids is 2. The van der Waals surface area contributed by atoms with E-state index in [0.29, 0.717) is 5.76 Å². The Morgan fingerprint density at radius 3 is 2.56 bits per heavy atom. The Kier molecular flexibility index (Phi) is 3.42. The lowest BCUT2D eigenvalue weighted by Crippen LogP contribution is -2.42. The van der Waals surface area contributed by atoms with Crippen molar-refractivity contribution in [2.24, 2.45) is 0 Å². The van der Waals surface area contributed by atoms with Gasteiger partial charge in [-0.2, -0.15) is 0 Å². The third-order valence-corrected chi connectivity index (χ3v) is 3.47. The van der Waals surface area contributed by atoms with E-state index in [1.165, 1.54) is 24.8 Å². The quantitative estimate of drug-likeness (QED) is 0.820. The number of hydrogen-bond donors (Lipinski definition) is 1. The molecule has 96 valence electrons. The molecule has 1 N–H and O–H groups in total. The van der Waals surface area contributed by atoms with Gasteiger partial charge in [-0.25, -0.2) is 4.79 Å². The first-order valence-corrected chi connectivity index (χ1v) is 6.38. The van der Waals surface area contributed by atoms with E-state index in [1.807, 2.05) is 0 Å². The van der Waals surface area contributed by atoms with E-state index in [9.17, 15) is 14.4 Å². The Morgan fingerprint density at radius 2 is 2.06 bits per heavy atom. The number of carbonyl (C=O) groups is 3. The summed E-state index contributed by atoms with van der Waals surface area (Å²) < 4.78 is 5.24. The van der Waals surface area contributed by atoms with Crippen molar-refractivity contribution in [2.75, 3.05) is 11.5 Å². The minimum atomic E-state index is -1.09. The highest BCUT2D eigenvalue weighted by Gasteiger charge is 2.28. The Hall–Kier alpha value is -1.76. The summed E-state index contributed by atoms with van der Waals surface area (Å²) in [5.41, 5.74) is 0.0521. The molecule has 0 radical (unpaired) electrons. The van der Waals surface area contributed by atoms with Crippen molar-refractivity contribution in [1.82, 2.24) is 4.90 Å². The zero-order valence-corrected chi connectivity index (χ0v) is 10.5. The highest BCUT2D eigenvalue weighted by molar-refractivity contribution is 8.00. The number of rotatable bonds is 3. The summed E-state index contributed by atoms with van der Waals surface area (Å²) >= 11 is 1.27. The third-order valence-electron chi connectivity index (χ3n) is 2.57. The van der Waals surface area contributed by atoms with Crippen LogP contribution in [0, 0.1) is 6.92 Å². The fourth-order valence-electron chi connectivity index (χ4n) is 1.69. The lowest BCUT2D eigenvalue weighted by Gasteiger charge is -2.23. The number of imide groups is 1. The van der Waals surface area contributed by atoms with Gasteiger partial charge in [0.25, 0.3) is 0 Å². The lowest BCUT2D eigenvalue weighted by molar-refractivity contribution is -0.143. The molecule has 1 aromatic heterocycles. The van der Waals surface area contributed by atoms with Crippen LogP contribution in [0.5, 0.6) is 0 Å². The molecule has 0 aliphatic carbocycles. The van der Waals surface area contributed by atoms with Gasteiger partial charge in [0.2, 0.25) is 11.8 Å². The molecule has 0 spiro atoms. The molecular formula is C11H11NO5S. The molecule has 1 aliphatic rings. The zero-order chi connectivity index (χ0) is 13.3. The van der Waals surface area contributed by atoms with Gasteiger partial charge in [-0.1, -0.05) is 0 Å². The molecule has 7 heteroatoms. The van der Waals surface area contributed by atoms with Crippen molar-refractivity contribution in [2.45, 2.75) is 13.5 Å². The van der Waals surface area contributed by atoms with Gasteiger partial charge in [0.1, 0.15) is 17.1 Å². The number of thioether (sulfide) groups is 1. The van der Waals surface area contributed by atoms with Gasteiger partial charge in [0, 0.05) is 0 Å². The van der Waals surface area contributed by atoms with Gasteiger partial charge < -0.3 is 9.52 Å². The number of carboxylic acids is 1. The number of carboxylic acid groups (broad SMARTS) is 1. The van der Waals surface area contributed by atoms with Crippen LogP contribution in [0.4, 0.5) is 0 Å². The zero-order valence-electron chi connectivity index (χ0n) is 9.63. The predicted octanol–water partition coefficient (Wildman–Crippen LogP) is 0.888. The number of amides is 2. The first kappa shape index (κ1) is 12.7. The standard InChI is InChI=1S/C11H11NO5S/c1-6-8(11(15)16)2-7(17-6)3-12-9(13)4-18-5-10(12)14/h2H,3-5H2,1H3,(H,15,16). The second-order valence-corrected chi connectivity index (χ2v) is 4.84. The molecule has 1 aromatic rings. The Balaban J connectivity index is 2.18. The normalized spacial score (nSPS) is 16.2. The van der Waals surface area contributed by atoms with Crippen molar-refractivity contribution >= 4 is 29.5 Å². The van der Waals surface area contributed by atoms with Gasteiger partial charge in [-0.15, -0.1) is 11.8 Å². The number of nitrogens with zero attached hydrogens (tertiary/aromatic N) is 1. The minimum absolute atomic E-state index is 0.00759. The summed E-state index contributed by atoms with van der Waals surface area (Å²) in [6, 6.07) is 1.35. The van der Waals surface area contributed by atoms with E-state index in [2.05, 4.69) is 0 Å². The van der Waals surface area contributed by atoms with Crippen LogP contribution >= 0.6 is 11.8 Å². The average molecular weight is 269 g/mol. The number of hydrogen-bond acceptors (Lipinski definition) is 5. The van der Waals surface area contributed by atoms with Crippen molar-refractivity contribution in [1.29, 1.82) is 0 Å². The first-order chi connectivity index (χ1) is 8.49. The molecule has 2 heterocycles. The van der Waals surface area contributed by atoms with Crippen molar-refractivity contribution in [3.63, 3.8) is 0 Å². The minimum Gasteiger partial charge on any atom is -0.478 e. The van der Waals surface area contributed by atoms with Gasteiger partial charge in [0.05, 0.1) is 18.1 Å². The molecule has 6 nitrogen and oxygen atoms in total. The molecule has 1 aliphatic heterocycles.